The number of piperidine rings is 2. The highest BCUT2D eigenvalue weighted by Crippen LogP contribution is 2.36. The van der Waals surface area contributed by atoms with E-state index in [-0.39, 0.29) is 41.7 Å². The van der Waals surface area contributed by atoms with Crippen molar-refractivity contribution in [2.75, 3.05) is 109 Å². The number of nitrogens with zero attached hydrogens (tertiary/aromatic N) is 6. The first-order valence-corrected chi connectivity index (χ1v) is 24.8. The third-order valence-corrected chi connectivity index (χ3v) is 14.1. The third-order valence-electron chi connectivity index (χ3n) is 12.8. The van der Waals surface area contributed by atoms with Crippen LogP contribution in [0, 0.1) is 5.82 Å². The highest BCUT2D eigenvalue weighted by atomic mass is 35.5. The van der Waals surface area contributed by atoms with E-state index >= 15 is 0 Å². The van der Waals surface area contributed by atoms with E-state index in [2.05, 4.69) is 35.7 Å². The molecule has 70 heavy (non-hydrogen) atoms. The summed E-state index contributed by atoms with van der Waals surface area (Å²) in [6, 6.07) is 13.1. The molecule has 3 saturated heterocycles. The Morgan fingerprint density at radius 3 is 2.46 bits per heavy atom. The number of nitrogens with one attached hydrogen (secondary N) is 3. The van der Waals surface area contributed by atoms with Crippen LogP contribution in [0.3, 0.4) is 0 Å². The van der Waals surface area contributed by atoms with Gasteiger partial charge in [-0.05, 0) is 74.3 Å². The lowest BCUT2D eigenvalue weighted by Gasteiger charge is -2.42. The number of halogens is 2. The molecule has 372 valence electrons. The molecule has 3 N–H and O–H groups in total. The number of carbonyl (C=O) groups excluding carboxylic acids is 5. The molecule has 3 aromatic carbocycles. The fraction of sp³-hybridized carbons (Fsp3) is 0.449. The van der Waals surface area contributed by atoms with Gasteiger partial charge in [0.05, 0.1) is 56.4 Å². The molecule has 0 aliphatic carbocycles. The molecule has 5 amide bonds. The first-order valence-electron chi connectivity index (χ1n) is 23.4. The average Bonchev–Trinajstić information content (AvgIpc) is 3.70. The Hall–Kier alpha value is -5.74. The number of methoxy groups -OCH3 is 1. The predicted molar refractivity (Wildman–Crippen MR) is 262 cm³/mol. The molecular weight excluding hydrogens is 945 g/mol. The van der Waals surface area contributed by atoms with Gasteiger partial charge in [-0.2, -0.15) is 0 Å². The molecule has 1 unspecified atom stereocenters. The maximum Gasteiger partial charge on any atom is 0.255 e. The van der Waals surface area contributed by atoms with Crippen LogP contribution in [0.4, 0.5) is 21.6 Å². The van der Waals surface area contributed by atoms with Crippen molar-refractivity contribution in [1.82, 2.24) is 34.9 Å². The van der Waals surface area contributed by atoms with E-state index in [0.29, 0.717) is 117 Å². The molecule has 18 nitrogen and oxygen atoms in total. The minimum absolute atomic E-state index is 0.0131. The fourth-order valence-corrected chi connectivity index (χ4v) is 10.2. The second-order valence-corrected chi connectivity index (χ2v) is 18.7. The number of piperazine rings is 1. The fourth-order valence-electron chi connectivity index (χ4n) is 9.04. The summed E-state index contributed by atoms with van der Waals surface area (Å²) < 4.78 is 36.3. The van der Waals surface area contributed by atoms with Gasteiger partial charge in [0.2, 0.25) is 23.6 Å². The SMILES string of the molecule is COc1cc2ncnc(Nc3ccc(F)c(Cl)c3)c2cc1NC(=O)/C=C/CN1CCC(N2CCN(C(=O)COCCOCCOCCSc3cccc4c3CN(C3CCC(=O)NC3=O)C4=O)CC2)CC1. The van der Waals surface area contributed by atoms with Crippen LogP contribution in [0.2, 0.25) is 5.02 Å². The number of thioether (sulfide) groups is 1. The Labute approximate surface area is 414 Å². The molecule has 4 aliphatic rings. The summed E-state index contributed by atoms with van der Waals surface area (Å²) in [6.45, 7) is 7.70. The van der Waals surface area contributed by atoms with E-state index in [0.717, 1.165) is 49.5 Å². The van der Waals surface area contributed by atoms with Gasteiger partial charge in [0.25, 0.3) is 5.91 Å². The van der Waals surface area contributed by atoms with Gasteiger partial charge >= 0.3 is 0 Å². The number of aromatic nitrogens is 2. The van der Waals surface area contributed by atoms with Crippen LogP contribution in [-0.4, -0.2) is 170 Å². The monoisotopic (exact) mass is 1000 g/mol. The molecule has 1 aromatic heterocycles. The topological polar surface area (TPSA) is 197 Å². The van der Waals surface area contributed by atoms with Gasteiger partial charge in [-0.15, -0.1) is 11.8 Å². The molecule has 0 spiro atoms. The summed E-state index contributed by atoms with van der Waals surface area (Å²) in [7, 11) is 1.52. The normalized spacial score (nSPS) is 18.2. The van der Waals surface area contributed by atoms with Crippen LogP contribution in [0.15, 0.2) is 71.9 Å². The second-order valence-electron chi connectivity index (χ2n) is 17.2. The Morgan fingerprint density at radius 2 is 1.70 bits per heavy atom. The van der Waals surface area contributed by atoms with Crippen LogP contribution in [-0.2, 0) is 39.9 Å². The van der Waals surface area contributed by atoms with Crippen molar-refractivity contribution in [3.05, 3.63) is 89.0 Å². The lowest BCUT2D eigenvalue weighted by molar-refractivity contribution is -0.139. The summed E-state index contributed by atoms with van der Waals surface area (Å²) in [4.78, 5) is 80.9. The number of hydrogen-bond acceptors (Lipinski definition) is 15. The summed E-state index contributed by atoms with van der Waals surface area (Å²) in [5.74, 6) is -0.208. The average molecular weight is 1000 g/mol. The molecule has 0 saturated carbocycles. The van der Waals surface area contributed by atoms with E-state index in [4.69, 9.17) is 30.5 Å². The van der Waals surface area contributed by atoms with E-state index in [9.17, 15) is 28.4 Å². The summed E-state index contributed by atoms with van der Waals surface area (Å²) in [5.41, 5.74) is 3.06. The number of fused-ring (bicyclic) bond motifs is 2. The van der Waals surface area contributed by atoms with Gasteiger partial charge in [-0.25, -0.2) is 14.4 Å². The maximum atomic E-state index is 13.7. The minimum atomic E-state index is -0.643. The molecule has 1 atom stereocenters. The number of anilines is 3. The van der Waals surface area contributed by atoms with Crippen LogP contribution in [0.25, 0.3) is 10.9 Å². The summed E-state index contributed by atoms with van der Waals surface area (Å²) >= 11 is 7.57. The first-order chi connectivity index (χ1) is 34.0. The number of likely N-dealkylation sites (tertiary alicyclic amines) is 1. The zero-order valence-electron chi connectivity index (χ0n) is 39.0. The van der Waals surface area contributed by atoms with Gasteiger partial charge < -0.3 is 39.4 Å². The third kappa shape index (κ3) is 13.0. The van der Waals surface area contributed by atoms with Crippen molar-refractivity contribution < 1.29 is 47.3 Å². The first kappa shape index (κ1) is 50.6. The zero-order valence-corrected chi connectivity index (χ0v) is 40.5. The molecule has 5 heterocycles. The van der Waals surface area contributed by atoms with Gasteiger partial charge in [0.15, 0.2) is 0 Å². The number of ether oxygens (including phenoxy) is 4. The molecule has 21 heteroatoms. The second kappa shape index (κ2) is 24.4. The van der Waals surface area contributed by atoms with Gasteiger partial charge in [-0.3, -0.25) is 39.1 Å². The Kier molecular flexibility index (Phi) is 17.6. The summed E-state index contributed by atoms with van der Waals surface area (Å²) in [5, 5.41) is 8.99. The Bertz CT molecular complexity index is 2580. The van der Waals surface area contributed by atoms with Crippen molar-refractivity contribution in [3.63, 3.8) is 0 Å². The lowest BCUT2D eigenvalue weighted by Crippen LogP contribution is -2.54. The van der Waals surface area contributed by atoms with E-state index < -0.39 is 17.8 Å². The van der Waals surface area contributed by atoms with Crippen LogP contribution >= 0.6 is 23.4 Å². The number of amides is 5. The van der Waals surface area contributed by atoms with Crippen LogP contribution in [0.5, 0.6) is 5.75 Å². The Balaban J connectivity index is 0.656. The molecule has 4 aromatic rings. The Morgan fingerprint density at radius 1 is 0.929 bits per heavy atom. The van der Waals surface area contributed by atoms with Crippen molar-refractivity contribution in [1.29, 1.82) is 0 Å². The number of benzene rings is 3. The maximum absolute atomic E-state index is 13.7. The quantitative estimate of drug-likeness (QED) is 0.0442. The minimum Gasteiger partial charge on any atom is -0.494 e. The van der Waals surface area contributed by atoms with Gasteiger partial charge in [-0.1, -0.05) is 23.7 Å². The van der Waals surface area contributed by atoms with E-state index in [1.54, 1.807) is 40.9 Å². The molecular formula is C49H57ClFN9O9S. The number of hydrogen-bond donors (Lipinski definition) is 3. The van der Waals surface area contributed by atoms with Gasteiger partial charge in [0, 0.05) is 91.2 Å². The molecule has 8 rings (SSSR count). The molecule has 3 fully saturated rings. The van der Waals surface area contributed by atoms with Crippen molar-refractivity contribution in [2.24, 2.45) is 0 Å². The number of rotatable bonds is 21. The molecule has 0 bridgehead atoms. The van der Waals surface area contributed by atoms with Crippen molar-refractivity contribution in [2.45, 2.75) is 49.2 Å². The van der Waals surface area contributed by atoms with Crippen LogP contribution < -0.4 is 20.7 Å². The smallest absolute Gasteiger partial charge is 0.255 e. The molecule has 4 aliphatic heterocycles. The summed E-state index contributed by atoms with van der Waals surface area (Å²) in [6.07, 6.45) is 7.34. The molecule has 0 radical (unpaired) electrons. The van der Waals surface area contributed by atoms with E-state index in [1.807, 2.05) is 23.1 Å². The zero-order chi connectivity index (χ0) is 49.0. The number of carbonyl (C=O) groups is 5. The van der Waals surface area contributed by atoms with E-state index in [1.165, 1.54) is 31.6 Å². The number of imide groups is 1. The highest BCUT2D eigenvalue weighted by molar-refractivity contribution is 7.99. The standard InChI is InChI=1S/C49H57ClFN9O9S/c1-66-42-28-39-35(47(53-31-52-39)54-32-7-8-38(51)37(50)26-32)27-40(42)55-44(61)6-3-13-57-14-11-33(12-15-57)58-16-18-59(19-17-58)46(63)30-69-23-22-67-20-21-68-24-25-70-43-5-2-4-34-36(43)29-60(49(34)65)41-9-10-45(62)56-48(41)64/h2-8,26-28,31,33,41H,9-25,29-30H2,1H3,(H,55,61)(H,52,53,54)(H,56,62,64)/b6-3+. The predicted octanol–water partition coefficient (Wildman–Crippen LogP) is 4.88. The van der Waals surface area contributed by atoms with Crippen LogP contribution in [0.1, 0.15) is 41.6 Å². The van der Waals surface area contributed by atoms with Crippen molar-refractivity contribution in [3.8, 4) is 5.75 Å². The highest BCUT2D eigenvalue weighted by Gasteiger charge is 2.40. The largest absolute Gasteiger partial charge is 0.494 e. The lowest BCUT2D eigenvalue weighted by atomic mass is 10.0. The van der Waals surface area contributed by atoms with Crippen molar-refractivity contribution >= 4 is 81.0 Å². The van der Waals surface area contributed by atoms with Gasteiger partial charge in [0.1, 0.15) is 36.4 Å².